The van der Waals surface area contributed by atoms with Crippen LogP contribution in [0.15, 0.2) is 24.3 Å². The molecule has 35 heavy (non-hydrogen) atoms. The normalized spacial score (nSPS) is 36.3. The second-order valence-electron chi connectivity index (χ2n) is 10.9. The SMILES string of the molecule is COc1cc(C=CC(=O)O[C@@H]2C[C@@H]3[C@H](OC(C)=O)[C@@H](C)C[C@]45[C@@H]3CCCN4CCC[C@H]25)ccc1O. The Kier molecular flexibility index (Phi) is 6.55. The summed E-state index contributed by atoms with van der Waals surface area (Å²) in [6.07, 6.45) is 9.12. The highest BCUT2D eigenvalue weighted by Crippen LogP contribution is 2.61. The first-order valence-corrected chi connectivity index (χ1v) is 13.0. The zero-order valence-corrected chi connectivity index (χ0v) is 20.9. The third-order valence-electron chi connectivity index (χ3n) is 9.05. The van der Waals surface area contributed by atoms with Gasteiger partial charge in [-0.3, -0.25) is 9.69 Å². The zero-order chi connectivity index (χ0) is 24.7. The number of phenolic OH excluding ortho intramolecular Hbond substituents is 1. The number of hydrogen-bond donors (Lipinski definition) is 1. The van der Waals surface area contributed by atoms with Crippen molar-refractivity contribution in [1.29, 1.82) is 0 Å². The molecule has 2 aliphatic carbocycles. The summed E-state index contributed by atoms with van der Waals surface area (Å²) in [7, 11) is 1.49. The average molecular weight is 484 g/mol. The van der Waals surface area contributed by atoms with E-state index in [-0.39, 0.29) is 41.4 Å². The molecule has 2 aliphatic heterocycles. The molecule has 1 aromatic rings. The molecule has 1 aromatic carbocycles. The third-order valence-corrected chi connectivity index (χ3v) is 9.05. The first kappa shape index (κ1) is 24.2. The maximum atomic E-state index is 13.0. The largest absolute Gasteiger partial charge is 0.504 e. The number of piperidine rings is 2. The number of aromatic hydroxyl groups is 1. The predicted molar refractivity (Wildman–Crippen MR) is 131 cm³/mol. The lowest BCUT2D eigenvalue weighted by atomic mass is 9.47. The van der Waals surface area contributed by atoms with Gasteiger partial charge in [0.15, 0.2) is 11.5 Å². The van der Waals surface area contributed by atoms with E-state index in [0.717, 1.165) is 50.8 Å². The summed E-state index contributed by atoms with van der Waals surface area (Å²) in [5, 5.41) is 9.80. The van der Waals surface area contributed by atoms with E-state index in [1.54, 1.807) is 24.3 Å². The molecule has 1 spiro atoms. The molecule has 2 heterocycles. The van der Waals surface area contributed by atoms with Gasteiger partial charge in [0, 0.05) is 30.4 Å². The Morgan fingerprint density at radius 2 is 1.89 bits per heavy atom. The molecule has 7 atom stereocenters. The van der Waals surface area contributed by atoms with Crippen molar-refractivity contribution in [3.8, 4) is 11.5 Å². The maximum absolute atomic E-state index is 13.0. The number of carbonyl (C=O) groups is 2. The maximum Gasteiger partial charge on any atom is 0.331 e. The molecule has 0 radical (unpaired) electrons. The Balaban J connectivity index is 1.39. The highest BCUT2D eigenvalue weighted by atomic mass is 16.6. The number of esters is 2. The quantitative estimate of drug-likeness (QED) is 0.497. The Labute approximate surface area is 207 Å². The van der Waals surface area contributed by atoms with Gasteiger partial charge in [-0.2, -0.15) is 0 Å². The van der Waals surface area contributed by atoms with E-state index in [0.29, 0.717) is 23.5 Å². The number of methoxy groups -OCH3 is 1. The number of ether oxygens (including phenoxy) is 3. The molecule has 0 unspecified atom stereocenters. The van der Waals surface area contributed by atoms with E-state index in [2.05, 4.69) is 11.8 Å². The second kappa shape index (κ2) is 9.49. The van der Waals surface area contributed by atoms with Gasteiger partial charge < -0.3 is 19.3 Å². The van der Waals surface area contributed by atoms with E-state index in [1.807, 2.05) is 0 Å². The summed E-state index contributed by atoms with van der Waals surface area (Å²) in [5.41, 5.74) is 0.782. The highest BCUT2D eigenvalue weighted by Gasteiger charge is 2.66. The number of carbonyl (C=O) groups excluding carboxylic acids is 2. The van der Waals surface area contributed by atoms with Crippen LogP contribution in [0.1, 0.15) is 57.9 Å². The third kappa shape index (κ3) is 4.22. The van der Waals surface area contributed by atoms with Gasteiger partial charge in [0.25, 0.3) is 0 Å². The van der Waals surface area contributed by atoms with Crippen LogP contribution in [0.4, 0.5) is 0 Å². The number of benzene rings is 1. The lowest BCUT2D eigenvalue weighted by Crippen LogP contribution is -2.74. The second-order valence-corrected chi connectivity index (χ2v) is 10.9. The fourth-order valence-electron chi connectivity index (χ4n) is 7.99. The summed E-state index contributed by atoms with van der Waals surface area (Å²) >= 11 is 0. The minimum atomic E-state index is -0.361. The number of phenols is 1. The van der Waals surface area contributed by atoms with Gasteiger partial charge in [-0.25, -0.2) is 4.79 Å². The van der Waals surface area contributed by atoms with E-state index in [1.165, 1.54) is 26.5 Å². The molecule has 2 saturated heterocycles. The van der Waals surface area contributed by atoms with E-state index in [9.17, 15) is 14.7 Å². The van der Waals surface area contributed by atoms with E-state index >= 15 is 0 Å². The first-order chi connectivity index (χ1) is 16.8. The van der Waals surface area contributed by atoms with Gasteiger partial charge in [-0.15, -0.1) is 0 Å². The van der Waals surface area contributed by atoms with Crippen LogP contribution in [-0.2, 0) is 19.1 Å². The fraction of sp³-hybridized carbons (Fsp3) is 0.643. The molecule has 7 heteroatoms. The smallest absolute Gasteiger partial charge is 0.331 e. The molecule has 5 rings (SSSR count). The standard InChI is InChI=1S/C28H37NO6/c1-17-16-28-21-6-4-12-29(28)13-5-7-22(28)24(15-20(21)27(17)34-18(2)30)35-26(32)11-9-19-8-10-23(31)25(14-19)33-3/h8-11,14,17,20-22,24,27,31H,4-7,12-13,15-16H2,1-3H3/t17-,20-,21+,22+,24+,27+,28+/m0/s1. The summed E-state index contributed by atoms with van der Waals surface area (Å²) in [6, 6.07) is 4.95. The minimum Gasteiger partial charge on any atom is -0.504 e. The predicted octanol–water partition coefficient (Wildman–Crippen LogP) is 4.18. The molecule has 190 valence electrons. The summed E-state index contributed by atoms with van der Waals surface area (Å²) in [5.74, 6) is 1.13. The van der Waals surface area contributed by atoms with Crippen LogP contribution in [0, 0.1) is 23.7 Å². The van der Waals surface area contributed by atoms with Gasteiger partial charge >= 0.3 is 11.9 Å². The van der Waals surface area contributed by atoms with Crippen LogP contribution in [0.25, 0.3) is 6.08 Å². The monoisotopic (exact) mass is 483 g/mol. The van der Waals surface area contributed by atoms with Crippen LogP contribution < -0.4 is 4.74 Å². The molecule has 2 bridgehead atoms. The molecule has 0 amide bonds. The molecule has 0 aromatic heterocycles. The average Bonchev–Trinajstić information content (AvgIpc) is 2.83. The Bertz CT molecular complexity index is 1010. The number of rotatable bonds is 5. The fourth-order valence-corrected chi connectivity index (χ4v) is 7.99. The van der Waals surface area contributed by atoms with E-state index in [4.69, 9.17) is 14.2 Å². The van der Waals surface area contributed by atoms with Crippen LogP contribution in [0.2, 0.25) is 0 Å². The van der Waals surface area contributed by atoms with Crippen LogP contribution in [0.3, 0.4) is 0 Å². The minimum absolute atomic E-state index is 0.0362. The van der Waals surface area contributed by atoms with Crippen LogP contribution >= 0.6 is 0 Å². The first-order valence-electron chi connectivity index (χ1n) is 13.0. The molecule has 4 fully saturated rings. The summed E-state index contributed by atoms with van der Waals surface area (Å²) in [6.45, 7) is 5.93. The van der Waals surface area contributed by atoms with Gasteiger partial charge in [0.2, 0.25) is 0 Å². The lowest BCUT2D eigenvalue weighted by Gasteiger charge is -2.68. The molecule has 2 saturated carbocycles. The Hall–Kier alpha value is -2.54. The molecule has 4 aliphatic rings. The van der Waals surface area contributed by atoms with Gasteiger partial charge in [0.1, 0.15) is 12.2 Å². The van der Waals surface area contributed by atoms with Crippen molar-refractivity contribution in [2.45, 2.75) is 70.1 Å². The van der Waals surface area contributed by atoms with Gasteiger partial charge in [0.05, 0.1) is 7.11 Å². The van der Waals surface area contributed by atoms with Crippen molar-refractivity contribution in [3.63, 3.8) is 0 Å². The topological polar surface area (TPSA) is 85.3 Å². The molecule has 7 nitrogen and oxygen atoms in total. The Morgan fingerprint density at radius 1 is 1.14 bits per heavy atom. The lowest BCUT2D eigenvalue weighted by molar-refractivity contribution is -0.234. The molecule has 1 N–H and O–H groups in total. The van der Waals surface area contributed by atoms with Gasteiger partial charge in [-0.05, 0) is 87.2 Å². The number of nitrogens with zero attached hydrogens (tertiary/aromatic N) is 1. The van der Waals surface area contributed by atoms with Crippen LogP contribution in [-0.4, -0.2) is 59.9 Å². The van der Waals surface area contributed by atoms with E-state index < -0.39 is 0 Å². The van der Waals surface area contributed by atoms with Crippen molar-refractivity contribution in [3.05, 3.63) is 29.8 Å². The molecular formula is C28H37NO6. The Morgan fingerprint density at radius 3 is 2.60 bits per heavy atom. The summed E-state index contributed by atoms with van der Waals surface area (Å²) < 4.78 is 17.2. The van der Waals surface area contributed by atoms with Crippen molar-refractivity contribution < 1.29 is 28.9 Å². The van der Waals surface area contributed by atoms with Crippen molar-refractivity contribution in [2.24, 2.45) is 23.7 Å². The summed E-state index contributed by atoms with van der Waals surface area (Å²) in [4.78, 5) is 27.6. The highest BCUT2D eigenvalue weighted by molar-refractivity contribution is 5.87. The van der Waals surface area contributed by atoms with Crippen molar-refractivity contribution in [2.75, 3.05) is 20.2 Å². The number of hydrogen-bond acceptors (Lipinski definition) is 7. The van der Waals surface area contributed by atoms with Crippen molar-refractivity contribution in [1.82, 2.24) is 4.90 Å². The van der Waals surface area contributed by atoms with Crippen molar-refractivity contribution >= 4 is 18.0 Å². The zero-order valence-electron chi connectivity index (χ0n) is 20.9. The van der Waals surface area contributed by atoms with Gasteiger partial charge in [-0.1, -0.05) is 13.0 Å². The van der Waals surface area contributed by atoms with Crippen LogP contribution in [0.5, 0.6) is 11.5 Å². The molecular weight excluding hydrogens is 446 g/mol.